The van der Waals surface area contributed by atoms with Crippen molar-refractivity contribution in [2.45, 2.75) is 6.92 Å². The van der Waals surface area contributed by atoms with E-state index in [9.17, 15) is 4.79 Å². The predicted octanol–water partition coefficient (Wildman–Crippen LogP) is 4.47. The number of carbonyl (C=O) groups excluding carboxylic acids is 1. The van der Waals surface area contributed by atoms with Crippen molar-refractivity contribution in [3.8, 4) is 0 Å². The maximum atomic E-state index is 11.3. The molecule has 5 heteroatoms. The van der Waals surface area contributed by atoms with Crippen LogP contribution in [0.4, 0.5) is 17.1 Å². The minimum absolute atomic E-state index is 0.0369. The molecule has 0 radical (unpaired) electrons. The van der Waals surface area contributed by atoms with Crippen LogP contribution in [0.1, 0.15) is 17.3 Å². The van der Waals surface area contributed by atoms with Crippen molar-refractivity contribution < 1.29 is 4.79 Å². The van der Waals surface area contributed by atoms with Crippen LogP contribution in [-0.4, -0.2) is 5.78 Å². The van der Waals surface area contributed by atoms with Crippen LogP contribution in [0.5, 0.6) is 0 Å². The van der Waals surface area contributed by atoms with E-state index < -0.39 is 0 Å². The van der Waals surface area contributed by atoms with Crippen molar-refractivity contribution in [2.24, 2.45) is 0 Å². The SMILES string of the molecule is CC(=O)c1ccc(Nc2ccc(Cl)cc2I)cc1N. The number of nitrogens with two attached hydrogens (primary N) is 1. The number of hydrogen-bond acceptors (Lipinski definition) is 3. The van der Waals surface area contributed by atoms with Crippen molar-refractivity contribution in [3.63, 3.8) is 0 Å². The number of anilines is 3. The number of hydrogen-bond donors (Lipinski definition) is 2. The molecule has 0 aliphatic heterocycles. The van der Waals surface area contributed by atoms with Gasteiger partial charge in [0, 0.05) is 25.5 Å². The highest BCUT2D eigenvalue weighted by molar-refractivity contribution is 14.1. The summed E-state index contributed by atoms with van der Waals surface area (Å²) in [5.41, 5.74) is 8.65. The Labute approximate surface area is 130 Å². The molecule has 0 saturated carbocycles. The molecule has 0 atom stereocenters. The Bertz CT molecular complexity index is 643. The van der Waals surface area contributed by atoms with Crippen LogP contribution in [0.25, 0.3) is 0 Å². The van der Waals surface area contributed by atoms with Crippen molar-refractivity contribution in [3.05, 3.63) is 50.6 Å². The Hall–Kier alpha value is -1.27. The molecule has 0 heterocycles. The first-order valence-corrected chi connectivity index (χ1v) is 7.05. The Morgan fingerprint density at radius 2 is 2.00 bits per heavy atom. The van der Waals surface area contributed by atoms with Crippen LogP contribution in [-0.2, 0) is 0 Å². The molecule has 0 aromatic heterocycles. The summed E-state index contributed by atoms with van der Waals surface area (Å²) in [4.78, 5) is 11.3. The molecule has 0 fully saturated rings. The lowest BCUT2D eigenvalue weighted by Crippen LogP contribution is -2.01. The zero-order valence-corrected chi connectivity index (χ0v) is 13.1. The molecule has 3 N–H and O–H groups in total. The van der Waals surface area contributed by atoms with Crippen LogP contribution < -0.4 is 11.1 Å². The first-order chi connectivity index (χ1) is 8.97. The van der Waals surface area contributed by atoms with E-state index in [1.165, 1.54) is 6.92 Å². The van der Waals surface area contributed by atoms with Gasteiger partial charge in [0.1, 0.15) is 0 Å². The topological polar surface area (TPSA) is 55.1 Å². The van der Waals surface area contributed by atoms with Crippen LogP contribution >= 0.6 is 34.2 Å². The van der Waals surface area contributed by atoms with Crippen molar-refractivity contribution in [2.75, 3.05) is 11.1 Å². The zero-order valence-electron chi connectivity index (χ0n) is 10.2. The van der Waals surface area contributed by atoms with E-state index in [0.29, 0.717) is 16.3 Å². The second kappa shape index (κ2) is 5.79. The lowest BCUT2D eigenvalue weighted by atomic mass is 10.1. The minimum atomic E-state index is -0.0369. The molecule has 0 bridgehead atoms. The highest BCUT2D eigenvalue weighted by atomic mass is 127. The number of nitrogen functional groups attached to an aromatic ring is 1. The van der Waals surface area contributed by atoms with E-state index in [0.717, 1.165) is 14.9 Å². The van der Waals surface area contributed by atoms with Crippen LogP contribution in [0.3, 0.4) is 0 Å². The Morgan fingerprint density at radius 3 is 2.58 bits per heavy atom. The number of carbonyl (C=O) groups is 1. The number of halogens is 2. The quantitative estimate of drug-likeness (QED) is 0.465. The van der Waals surface area contributed by atoms with Gasteiger partial charge in [0.2, 0.25) is 0 Å². The maximum absolute atomic E-state index is 11.3. The summed E-state index contributed by atoms with van der Waals surface area (Å²) in [5, 5.41) is 3.94. The number of nitrogens with one attached hydrogen (secondary N) is 1. The van der Waals surface area contributed by atoms with Gasteiger partial charge in [-0.3, -0.25) is 4.79 Å². The average Bonchev–Trinajstić information content (AvgIpc) is 2.32. The molecule has 3 nitrogen and oxygen atoms in total. The third-order valence-electron chi connectivity index (χ3n) is 2.64. The maximum Gasteiger partial charge on any atom is 0.161 e. The fourth-order valence-corrected chi connectivity index (χ4v) is 2.71. The number of rotatable bonds is 3. The first-order valence-electron chi connectivity index (χ1n) is 5.60. The van der Waals surface area contributed by atoms with Crippen LogP contribution in [0.2, 0.25) is 5.02 Å². The lowest BCUT2D eigenvalue weighted by molar-refractivity contribution is 0.101. The highest BCUT2D eigenvalue weighted by Crippen LogP contribution is 2.27. The van der Waals surface area contributed by atoms with Crippen LogP contribution in [0.15, 0.2) is 36.4 Å². The van der Waals surface area contributed by atoms with Gasteiger partial charge in [0.05, 0.1) is 5.69 Å². The van der Waals surface area contributed by atoms with Gasteiger partial charge in [-0.25, -0.2) is 0 Å². The summed E-state index contributed by atoms with van der Waals surface area (Å²) in [5.74, 6) is -0.0369. The van der Waals surface area contributed by atoms with Gasteiger partial charge in [-0.1, -0.05) is 11.6 Å². The summed E-state index contributed by atoms with van der Waals surface area (Å²) in [6.07, 6.45) is 0. The zero-order chi connectivity index (χ0) is 14.0. The fourth-order valence-electron chi connectivity index (χ4n) is 1.71. The minimum Gasteiger partial charge on any atom is -0.398 e. The molecule has 0 saturated heterocycles. The van der Waals surface area contributed by atoms with Gasteiger partial charge in [-0.2, -0.15) is 0 Å². The number of benzene rings is 2. The third-order valence-corrected chi connectivity index (χ3v) is 3.77. The van der Waals surface area contributed by atoms with Gasteiger partial charge in [0.25, 0.3) is 0 Å². The molecule has 19 heavy (non-hydrogen) atoms. The Kier molecular flexibility index (Phi) is 4.31. The van der Waals surface area contributed by atoms with Crippen molar-refractivity contribution >= 4 is 57.0 Å². The fraction of sp³-hybridized carbons (Fsp3) is 0.0714. The van der Waals surface area contributed by atoms with E-state index in [4.69, 9.17) is 17.3 Å². The standard InChI is InChI=1S/C14H12ClIN2O/c1-8(19)11-4-3-10(7-13(11)17)18-14-5-2-9(15)6-12(14)16/h2-7,18H,17H2,1H3. The van der Waals surface area contributed by atoms with Crippen molar-refractivity contribution in [1.29, 1.82) is 0 Å². The largest absolute Gasteiger partial charge is 0.398 e. The smallest absolute Gasteiger partial charge is 0.161 e. The molecule has 0 aliphatic rings. The summed E-state index contributed by atoms with van der Waals surface area (Å²) >= 11 is 8.12. The van der Waals surface area contributed by atoms with Gasteiger partial charge >= 0.3 is 0 Å². The molecule has 2 aromatic rings. The number of Topliss-reactive ketones (excluding diaryl/α,β-unsaturated/α-hetero) is 1. The van der Waals surface area contributed by atoms with E-state index >= 15 is 0 Å². The van der Waals surface area contributed by atoms with Gasteiger partial charge < -0.3 is 11.1 Å². The third kappa shape index (κ3) is 3.39. The average molecular weight is 387 g/mol. The van der Waals surface area contributed by atoms with E-state index in [2.05, 4.69) is 27.9 Å². The van der Waals surface area contributed by atoms with Gasteiger partial charge in [-0.05, 0) is 65.9 Å². The summed E-state index contributed by atoms with van der Waals surface area (Å²) in [6.45, 7) is 1.50. The molecule has 0 amide bonds. The van der Waals surface area contributed by atoms with Gasteiger partial charge in [-0.15, -0.1) is 0 Å². The molecule has 0 unspecified atom stereocenters. The van der Waals surface area contributed by atoms with E-state index in [1.54, 1.807) is 12.1 Å². The second-order valence-corrected chi connectivity index (χ2v) is 5.71. The summed E-state index contributed by atoms with van der Waals surface area (Å²) in [6, 6.07) is 10.9. The van der Waals surface area contributed by atoms with E-state index in [1.807, 2.05) is 24.3 Å². The summed E-state index contributed by atoms with van der Waals surface area (Å²) < 4.78 is 1.01. The number of ketones is 1. The van der Waals surface area contributed by atoms with Crippen LogP contribution in [0, 0.1) is 3.57 Å². The molecule has 2 rings (SSSR count). The highest BCUT2D eigenvalue weighted by Gasteiger charge is 2.06. The Balaban J connectivity index is 2.29. The van der Waals surface area contributed by atoms with E-state index in [-0.39, 0.29) is 5.78 Å². The van der Waals surface area contributed by atoms with Gasteiger partial charge in [0.15, 0.2) is 5.78 Å². The molecule has 2 aromatic carbocycles. The molecule has 0 spiro atoms. The molecule has 0 aliphatic carbocycles. The van der Waals surface area contributed by atoms with Crippen molar-refractivity contribution in [1.82, 2.24) is 0 Å². The molecular formula is C14H12ClIN2O. The first kappa shape index (κ1) is 14.1. The summed E-state index contributed by atoms with van der Waals surface area (Å²) in [7, 11) is 0. The normalized spacial score (nSPS) is 10.3. The Morgan fingerprint density at radius 1 is 1.26 bits per heavy atom. The second-order valence-electron chi connectivity index (χ2n) is 4.11. The monoisotopic (exact) mass is 386 g/mol. The predicted molar refractivity (Wildman–Crippen MR) is 88.3 cm³/mol. The molecular weight excluding hydrogens is 375 g/mol. The lowest BCUT2D eigenvalue weighted by Gasteiger charge is -2.11. The molecule has 98 valence electrons.